The Bertz CT molecular complexity index is 3810. The Morgan fingerprint density at radius 1 is 0.512 bits per heavy atom. The average molecular weight is 1430 g/mol. The standard InChI is InChI=1S/C18H12F3N5OS.C16H15N5OS.C16H12N4S.C10H9N3.U/c19-18(20,21)17-24-16(25-27-17)13-8-7-12(28-13)11-26(14-5-1-3-9-22-14)15-6-2-4-10-23-15;17-16(20-22)13-8-7-12(23-13)11-21(14-5-1-3-9-18-14)15-6-2-4-10-19-15;17-11-13-7-8-14(21-13)12-20(15-5-1-3-9-18-15)16-6-2-4-10-19-16;1-3-7-11-9(5-1)13-10-6-2-4-8-12-10;/h1-10H,11H2;1-10,22H,11H2,(H2,17,20);1-10H,12H2;1-8H,(H,11,12,13);. The van der Waals surface area contributed by atoms with Crippen LogP contribution in [0.3, 0.4) is 0 Å². The van der Waals surface area contributed by atoms with Crippen molar-refractivity contribution in [3.63, 3.8) is 0 Å². The number of aromatic nitrogens is 10. The van der Waals surface area contributed by atoms with E-state index in [-0.39, 0.29) is 42.8 Å². The number of hydrogen-bond donors (Lipinski definition) is 3. The predicted octanol–water partition coefficient (Wildman–Crippen LogP) is 13.9. The zero-order valence-electron chi connectivity index (χ0n) is 45.1. The van der Waals surface area contributed by atoms with Gasteiger partial charge in [0.2, 0.25) is 5.82 Å². The van der Waals surface area contributed by atoms with Gasteiger partial charge in [-0.05, 0) is 133 Å². The van der Waals surface area contributed by atoms with E-state index in [4.69, 9.17) is 16.2 Å². The van der Waals surface area contributed by atoms with Crippen LogP contribution in [0.1, 0.15) is 30.3 Å². The molecule has 0 fully saturated rings. The summed E-state index contributed by atoms with van der Waals surface area (Å²) in [7, 11) is 0. The number of alkyl halides is 3. The Morgan fingerprint density at radius 3 is 1.22 bits per heavy atom. The van der Waals surface area contributed by atoms with Gasteiger partial charge in [0.15, 0.2) is 5.84 Å². The molecule has 12 heterocycles. The van der Waals surface area contributed by atoms with Gasteiger partial charge < -0.3 is 35.5 Å². The van der Waals surface area contributed by atoms with Gasteiger partial charge in [0.25, 0.3) is 0 Å². The quantitative estimate of drug-likeness (QED) is 0.0352. The second-order valence-corrected chi connectivity index (χ2v) is 20.8. The molecule has 0 saturated carbocycles. The van der Waals surface area contributed by atoms with E-state index in [0.717, 1.165) is 54.4 Å². The Balaban J connectivity index is 0.000000153. The van der Waals surface area contributed by atoms with E-state index in [0.29, 0.717) is 41.0 Å². The molecule has 0 aliphatic heterocycles. The zero-order valence-corrected chi connectivity index (χ0v) is 51.7. The average Bonchev–Trinajstić information content (AvgIpc) is 4.39. The maximum absolute atomic E-state index is 12.7. The van der Waals surface area contributed by atoms with Crippen molar-refractivity contribution in [3.05, 3.63) is 262 Å². The van der Waals surface area contributed by atoms with Crippen molar-refractivity contribution in [1.82, 2.24) is 50.0 Å². The summed E-state index contributed by atoms with van der Waals surface area (Å²) in [5.74, 6) is 4.98. The summed E-state index contributed by atoms with van der Waals surface area (Å²) in [5, 5.41) is 27.3. The van der Waals surface area contributed by atoms with Gasteiger partial charge in [-0.1, -0.05) is 58.8 Å². The number of nitriles is 1. The number of amidine groups is 1. The van der Waals surface area contributed by atoms with Crippen LogP contribution in [-0.4, -0.2) is 61.1 Å². The molecule has 0 atom stereocenters. The molecule has 12 aromatic heterocycles. The first-order valence-electron chi connectivity index (χ1n) is 25.5. The summed E-state index contributed by atoms with van der Waals surface area (Å²) >= 11 is 4.24. The Kier molecular flexibility index (Phi) is 23.0. The first kappa shape index (κ1) is 62.3. The number of oxime groups is 1. The number of pyridine rings is 8. The van der Waals surface area contributed by atoms with E-state index in [1.807, 2.05) is 191 Å². The van der Waals surface area contributed by atoms with Crippen molar-refractivity contribution < 1.29 is 54.0 Å². The number of halogens is 3. The van der Waals surface area contributed by atoms with Gasteiger partial charge in [-0.2, -0.15) is 23.4 Å². The topological polar surface area (TPSA) is 246 Å². The van der Waals surface area contributed by atoms with E-state index < -0.39 is 12.1 Å². The van der Waals surface area contributed by atoms with Crippen molar-refractivity contribution >= 4 is 86.4 Å². The second kappa shape index (κ2) is 31.8. The zero-order chi connectivity index (χ0) is 59.1. The SMILES string of the molecule is FC(F)(F)c1nc(-c2ccc(CN(c3ccccn3)c3ccccn3)s2)no1.N#Cc1ccc(CN(c2ccccn2)c2ccccn2)s1.N/C(=N\O)c1ccc(CN(c2ccccn2)c2ccccn2)s1.[U].c1ccc(Nc2ccccn2)nc1. The molecule has 428 valence electrons. The summed E-state index contributed by atoms with van der Waals surface area (Å²) in [5.41, 5.74) is 5.63. The maximum atomic E-state index is 12.7. The van der Waals surface area contributed by atoms with E-state index in [2.05, 4.69) is 71.1 Å². The molecule has 0 radical (unpaired) electrons. The van der Waals surface area contributed by atoms with Gasteiger partial charge in [-0.3, -0.25) is 0 Å². The Morgan fingerprint density at radius 2 is 0.884 bits per heavy atom. The maximum Gasteiger partial charge on any atom is 0.471 e. The smallest absolute Gasteiger partial charge is 0.409 e. The third-order valence-corrected chi connectivity index (χ3v) is 14.6. The first-order valence-corrected chi connectivity index (χ1v) is 28.0. The summed E-state index contributed by atoms with van der Waals surface area (Å²) < 4.78 is 42.3. The molecule has 0 bridgehead atoms. The number of nitrogens with one attached hydrogen (secondary N) is 1. The van der Waals surface area contributed by atoms with E-state index >= 15 is 0 Å². The van der Waals surface area contributed by atoms with Crippen molar-refractivity contribution in [2.75, 3.05) is 20.0 Å². The van der Waals surface area contributed by atoms with Crippen LogP contribution in [0, 0.1) is 42.4 Å². The fourth-order valence-corrected chi connectivity index (χ4v) is 10.2. The molecule has 26 heteroatoms. The van der Waals surface area contributed by atoms with Gasteiger partial charge >= 0.3 is 12.1 Å². The number of thiophene rings is 3. The number of hydrogen-bond acceptors (Lipinski definition) is 21. The summed E-state index contributed by atoms with van der Waals surface area (Å²) in [6.45, 7) is 1.67. The van der Waals surface area contributed by atoms with Crippen molar-refractivity contribution in [2.45, 2.75) is 25.8 Å². The summed E-state index contributed by atoms with van der Waals surface area (Å²) in [6, 6.07) is 58.8. The molecule has 0 aliphatic carbocycles. The molecular weight excluding hydrogens is 1380 g/mol. The van der Waals surface area contributed by atoms with Crippen LogP contribution in [0.4, 0.5) is 59.7 Å². The summed E-state index contributed by atoms with van der Waals surface area (Å²) in [6.07, 6.45) is 9.21. The molecule has 19 nitrogen and oxygen atoms in total. The molecular formula is C60H48F3N17O2S3U. The van der Waals surface area contributed by atoms with E-state index in [1.165, 1.54) is 34.0 Å². The van der Waals surface area contributed by atoms with Crippen molar-refractivity contribution in [1.29, 1.82) is 5.26 Å². The van der Waals surface area contributed by atoms with Gasteiger partial charge in [0.05, 0.1) is 29.4 Å². The van der Waals surface area contributed by atoms with Gasteiger partial charge in [-0.25, -0.2) is 39.9 Å². The predicted molar refractivity (Wildman–Crippen MR) is 323 cm³/mol. The minimum Gasteiger partial charge on any atom is -0.409 e. The van der Waals surface area contributed by atoms with Crippen LogP contribution in [0.25, 0.3) is 10.7 Å². The van der Waals surface area contributed by atoms with Crippen LogP contribution >= 0.6 is 34.0 Å². The molecule has 0 unspecified atom stereocenters. The summed E-state index contributed by atoms with van der Waals surface area (Å²) in [4.78, 5) is 49.0. The first-order chi connectivity index (χ1) is 41.6. The molecule has 12 aromatic rings. The molecule has 0 saturated heterocycles. The third kappa shape index (κ3) is 18.1. The van der Waals surface area contributed by atoms with Crippen LogP contribution in [-0.2, 0) is 25.8 Å². The van der Waals surface area contributed by atoms with Gasteiger partial charge in [-0.15, -0.1) is 34.0 Å². The van der Waals surface area contributed by atoms with Crippen molar-refractivity contribution in [3.8, 4) is 16.8 Å². The minimum absolute atomic E-state index is 0. The molecule has 0 aliphatic rings. The van der Waals surface area contributed by atoms with Crippen LogP contribution in [0.15, 0.2) is 241 Å². The normalized spacial score (nSPS) is 10.7. The van der Waals surface area contributed by atoms with Crippen LogP contribution in [0.5, 0.6) is 0 Å². The number of anilines is 8. The number of nitrogens with two attached hydrogens (primary N) is 1. The molecule has 12 rings (SSSR count). The molecule has 4 N–H and O–H groups in total. The van der Waals surface area contributed by atoms with Gasteiger partial charge in [0.1, 0.15) is 57.5 Å². The molecule has 86 heavy (non-hydrogen) atoms. The van der Waals surface area contributed by atoms with Crippen LogP contribution in [0.2, 0.25) is 0 Å². The largest absolute Gasteiger partial charge is 0.471 e. The number of rotatable bonds is 16. The van der Waals surface area contributed by atoms with E-state index in [9.17, 15) is 13.2 Å². The monoisotopic (exact) mass is 1430 g/mol. The van der Waals surface area contributed by atoms with Crippen molar-refractivity contribution in [2.24, 2.45) is 10.9 Å². The third-order valence-electron chi connectivity index (χ3n) is 11.4. The second-order valence-electron chi connectivity index (χ2n) is 17.3. The fraction of sp³-hybridized carbons (Fsp3) is 0.0667. The molecule has 0 amide bonds. The number of nitrogens with zero attached hydrogens (tertiary/aromatic N) is 15. The Hall–Kier alpha value is -9.76. The Labute approximate surface area is 527 Å². The minimum atomic E-state index is -4.67. The molecule has 0 spiro atoms. The molecule has 0 aromatic carbocycles. The van der Waals surface area contributed by atoms with Crippen LogP contribution < -0.4 is 25.8 Å². The fourth-order valence-electron chi connectivity index (χ4n) is 7.59. The van der Waals surface area contributed by atoms with Gasteiger partial charge in [0, 0.05) is 95.3 Å². The van der Waals surface area contributed by atoms with E-state index in [1.54, 1.807) is 55.6 Å².